The van der Waals surface area contributed by atoms with Crippen LogP contribution in [-0.4, -0.2) is 32.8 Å². The van der Waals surface area contributed by atoms with E-state index in [1.165, 1.54) is 7.11 Å². The zero-order valence-corrected chi connectivity index (χ0v) is 11.5. The SMILES string of the molecule is COC(=O)[C@H](Cc1ccccc1)NS(=O)(=O)C1CC1. The lowest BCUT2D eigenvalue weighted by atomic mass is 10.1. The molecule has 2 rings (SSSR count). The number of hydrogen-bond acceptors (Lipinski definition) is 4. The Hall–Kier alpha value is -1.40. The maximum absolute atomic E-state index is 11.9. The molecular formula is C13H17NO4S. The van der Waals surface area contributed by atoms with E-state index in [4.69, 9.17) is 0 Å². The Labute approximate surface area is 113 Å². The summed E-state index contributed by atoms with van der Waals surface area (Å²) in [5.74, 6) is -0.562. The molecule has 0 heterocycles. The van der Waals surface area contributed by atoms with Crippen LogP contribution < -0.4 is 4.72 Å². The van der Waals surface area contributed by atoms with Crippen LogP contribution in [0.2, 0.25) is 0 Å². The molecule has 1 aliphatic rings. The molecule has 6 heteroatoms. The van der Waals surface area contributed by atoms with E-state index in [0.29, 0.717) is 19.3 Å². The number of sulfonamides is 1. The minimum Gasteiger partial charge on any atom is -0.468 e. The molecule has 19 heavy (non-hydrogen) atoms. The predicted octanol–water partition coefficient (Wildman–Crippen LogP) is 0.853. The minimum atomic E-state index is -3.41. The van der Waals surface area contributed by atoms with E-state index in [2.05, 4.69) is 9.46 Å². The highest BCUT2D eigenvalue weighted by Crippen LogP contribution is 2.27. The van der Waals surface area contributed by atoms with Crippen molar-refractivity contribution in [2.45, 2.75) is 30.6 Å². The number of carbonyl (C=O) groups is 1. The zero-order valence-electron chi connectivity index (χ0n) is 10.7. The van der Waals surface area contributed by atoms with Gasteiger partial charge < -0.3 is 4.74 Å². The third-order valence-electron chi connectivity index (χ3n) is 3.04. The fourth-order valence-corrected chi connectivity index (χ4v) is 3.36. The first-order chi connectivity index (χ1) is 9.03. The normalized spacial score (nSPS) is 16.9. The first-order valence-corrected chi connectivity index (χ1v) is 7.70. The van der Waals surface area contributed by atoms with E-state index in [1.54, 1.807) is 0 Å². The quantitative estimate of drug-likeness (QED) is 0.786. The van der Waals surface area contributed by atoms with Crippen LogP contribution in [0, 0.1) is 0 Å². The third-order valence-corrected chi connectivity index (χ3v) is 5.00. The zero-order chi connectivity index (χ0) is 13.9. The van der Waals surface area contributed by atoms with Crippen molar-refractivity contribution in [1.29, 1.82) is 0 Å². The Kier molecular flexibility index (Phi) is 4.21. The third kappa shape index (κ3) is 3.78. The summed E-state index contributed by atoms with van der Waals surface area (Å²) in [6, 6.07) is 8.39. The van der Waals surface area contributed by atoms with Gasteiger partial charge in [0.25, 0.3) is 0 Å². The van der Waals surface area contributed by atoms with Crippen molar-refractivity contribution in [3.05, 3.63) is 35.9 Å². The summed E-state index contributed by atoms with van der Waals surface area (Å²) in [7, 11) is -2.16. The fraction of sp³-hybridized carbons (Fsp3) is 0.462. The van der Waals surface area contributed by atoms with E-state index < -0.39 is 22.0 Å². The van der Waals surface area contributed by atoms with Gasteiger partial charge in [-0.1, -0.05) is 30.3 Å². The Balaban J connectivity index is 2.10. The van der Waals surface area contributed by atoms with E-state index in [-0.39, 0.29) is 5.25 Å². The Morgan fingerprint density at radius 1 is 1.37 bits per heavy atom. The van der Waals surface area contributed by atoms with Gasteiger partial charge in [-0.2, -0.15) is 0 Å². The highest BCUT2D eigenvalue weighted by atomic mass is 32.2. The maximum atomic E-state index is 11.9. The molecular weight excluding hydrogens is 266 g/mol. The Morgan fingerprint density at radius 2 is 2.00 bits per heavy atom. The molecule has 1 fully saturated rings. The lowest BCUT2D eigenvalue weighted by Crippen LogP contribution is -2.44. The van der Waals surface area contributed by atoms with Crippen LogP contribution in [0.4, 0.5) is 0 Å². The van der Waals surface area contributed by atoms with Crippen LogP contribution in [0.15, 0.2) is 30.3 Å². The van der Waals surface area contributed by atoms with Crippen molar-refractivity contribution in [2.75, 3.05) is 7.11 Å². The lowest BCUT2D eigenvalue weighted by molar-refractivity contribution is -0.142. The van der Waals surface area contributed by atoms with Crippen LogP contribution in [0.3, 0.4) is 0 Å². The average Bonchev–Trinajstić information content (AvgIpc) is 3.22. The highest BCUT2D eigenvalue weighted by molar-refractivity contribution is 7.90. The molecule has 1 N–H and O–H groups in total. The minimum absolute atomic E-state index is 0.291. The summed E-state index contributed by atoms with van der Waals surface area (Å²) in [6.07, 6.45) is 1.61. The summed E-state index contributed by atoms with van der Waals surface area (Å²) >= 11 is 0. The standard InChI is InChI=1S/C13H17NO4S/c1-18-13(15)12(9-10-5-3-2-4-6-10)14-19(16,17)11-7-8-11/h2-6,11-12,14H,7-9H2,1H3/t12-/m0/s1. The average molecular weight is 283 g/mol. The Morgan fingerprint density at radius 3 is 2.53 bits per heavy atom. The van der Waals surface area contributed by atoms with Gasteiger partial charge in [0.05, 0.1) is 12.4 Å². The van der Waals surface area contributed by atoms with Gasteiger partial charge in [0.2, 0.25) is 10.0 Å². The van der Waals surface area contributed by atoms with Crippen LogP contribution >= 0.6 is 0 Å². The predicted molar refractivity (Wildman–Crippen MR) is 71.0 cm³/mol. The smallest absolute Gasteiger partial charge is 0.324 e. The molecule has 0 unspecified atom stereocenters. The summed E-state index contributed by atoms with van der Waals surface area (Å²) in [6.45, 7) is 0. The van der Waals surface area contributed by atoms with Crippen LogP contribution in [0.25, 0.3) is 0 Å². The van der Waals surface area contributed by atoms with Crippen LogP contribution in [0.1, 0.15) is 18.4 Å². The molecule has 0 aromatic heterocycles. The number of rotatable bonds is 6. The molecule has 5 nitrogen and oxygen atoms in total. The van der Waals surface area contributed by atoms with Gasteiger partial charge in [-0.15, -0.1) is 0 Å². The molecule has 0 bridgehead atoms. The number of ether oxygens (including phenoxy) is 1. The summed E-state index contributed by atoms with van der Waals surface area (Å²) in [5.41, 5.74) is 0.886. The fourth-order valence-electron chi connectivity index (χ4n) is 1.84. The summed E-state index contributed by atoms with van der Waals surface area (Å²) < 4.78 is 30.9. The molecule has 0 spiro atoms. The number of esters is 1. The molecule has 104 valence electrons. The number of nitrogens with one attached hydrogen (secondary N) is 1. The maximum Gasteiger partial charge on any atom is 0.324 e. The van der Waals surface area contributed by atoms with Crippen molar-refractivity contribution in [3.63, 3.8) is 0 Å². The molecule has 1 aromatic carbocycles. The molecule has 0 saturated heterocycles. The van der Waals surface area contributed by atoms with Gasteiger partial charge >= 0.3 is 5.97 Å². The molecule has 0 amide bonds. The van der Waals surface area contributed by atoms with Crippen LogP contribution in [0.5, 0.6) is 0 Å². The Bertz CT molecular complexity index is 537. The monoisotopic (exact) mass is 283 g/mol. The number of hydrogen-bond donors (Lipinski definition) is 1. The van der Waals surface area contributed by atoms with E-state index >= 15 is 0 Å². The first kappa shape index (κ1) is 14.0. The van der Waals surface area contributed by atoms with Crippen molar-refractivity contribution in [3.8, 4) is 0 Å². The highest BCUT2D eigenvalue weighted by Gasteiger charge is 2.38. The van der Waals surface area contributed by atoms with Crippen molar-refractivity contribution < 1.29 is 17.9 Å². The number of carbonyl (C=O) groups excluding carboxylic acids is 1. The van der Waals surface area contributed by atoms with E-state index in [0.717, 1.165) is 5.56 Å². The molecule has 0 radical (unpaired) electrons. The lowest BCUT2D eigenvalue weighted by Gasteiger charge is -2.16. The van der Waals surface area contributed by atoms with E-state index in [9.17, 15) is 13.2 Å². The summed E-state index contributed by atoms with van der Waals surface area (Å²) in [4.78, 5) is 11.7. The molecule has 0 aliphatic heterocycles. The van der Waals surface area contributed by atoms with E-state index in [1.807, 2.05) is 30.3 Å². The van der Waals surface area contributed by atoms with Crippen molar-refractivity contribution >= 4 is 16.0 Å². The second-order valence-electron chi connectivity index (χ2n) is 4.63. The van der Waals surface area contributed by atoms with Gasteiger partial charge in [-0.05, 0) is 24.8 Å². The summed E-state index contributed by atoms with van der Waals surface area (Å²) in [5, 5.41) is -0.351. The second-order valence-corrected chi connectivity index (χ2v) is 6.62. The molecule has 1 aliphatic carbocycles. The topological polar surface area (TPSA) is 72.5 Å². The van der Waals surface area contributed by atoms with Gasteiger partial charge in [-0.25, -0.2) is 13.1 Å². The van der Waals surface area contributed by atoms with Crippen molar-refractivity contribution in [1.82, 2.24) is 4.72 Å². The number of benzene rings is 1. The largest absolute Gasteiger partial charge is 0.468 e. The van der Waals surface area contributed by atoms with Crippen LogP contribution in [-0.2, 0) is 26.0 Å². The molecule has 1 aromatic rings. The number of methoxy groups -OCH3 is 1. The van der Waals surface area contributed by atoms with Gasteiger partial charge in [-0.3, -0.25) is 4.79 Å². The molecule has 1 atom stereocenters. The van der Waals surface area contributed by atoms with Crippen molar-refractivity contribution in [2.24, 2.45) is 0 Å². The second kappa shape index (κ2) is 5.71. The molecule has 1 saturated carbocycles. The van der Waals surface area contributed by atoms with Gasteiger partial charge in [0.1, 0.15) is 6.04 Å². The van der Waals surface area contributed by atoms with Gasteiger partial charge in [0, 0.05) is 0 Å². The van der Waals surface area contributed by atoms with Gasteiger partial charge in [0.15, 0.2) is 0 Å². The first-order valence-electron chi connectivity index (χ1n) is 6.16.